The number of hydrogen-bond acceptors (Lipinski definition) is 3. The summed E-state index contributed by atoms with van der Waals surface area (Å²) in [5.41, 5.74) is 2.57. The summed E-state index contributed by atoms with van der Waals surface area (Å²) < 4.78 is 4.99. The molecule has 0 saturated heterocycles. The van der Waals surface area contributed by atoms with Crippen molar-refractivity contribution < 1.29 is 9.53 Å². The van der Waals surface area contributed by atoms with Crippen molar-refractivity contribution >= 4 is 5.91 Å². The fourth-order valence-corrected chi connectivity index (χ4v) is 2.23. The average molecular weight is 248 g/mol. The number of amides is 1. The first-order chi connectivity index (χ1) is 8.72. The van der Waals surface area contributed by atoms with Gasteiger partial charge in [-0.1, -0.05) is 24.3 Å². The van der Waals surface area contributed by atoms with Crippen LogP contribution in [0.1, 0.15) is 11.1 Å². The Kier molecular flexibility index (Phi) is 4.33. The highest BCUT2D eigenvalue weighted by molar-refractivity contribution is 5.82. The van der Waals surface area contributed by atoms with Crippen LogP contribution in [0.4, 0.5) is 0 Å². The Morgan fingerprint density at radius 2 is 2.17 bits per heavy atom. The standard InChI is InChI=1S/C14H20N2O2/c1-16(7-8-18-2)14(17)13-9-11-5-3-4-6-12(11)10-15-13/h3-6,13,15H,7-10H2,1-2H3/t13-/m1/s1. The SMILES string of the molecule is COCCN(C)C(=O)[C@H]1Cc2ccccc2CN1. The van der Waals surface area contributed by atoms with Crippen LogP contribution in [0.2, 0.25) is 0 Å². The molecule has 1 amide bonds. The second kappa shape index (κ2) is 5.98. The molecule has 0 bridgehead atoms. The first-order valence-corrected chi connectivity index (χ1v) is 6.26. The fraction of sp³-hybridized carbons (Fsp3) is 0.500. The molecular weight excluding hydrogens is 228 g/mol. The molecular formula is C14H20N2O2. The smallest absolute Gasteiger partial charge is 0.239 e. The van der Waals surface area contributed by atoms with Gasteiger partial charge in [-0.15, -0.1) is 0 Å². The molecule has 1 N–H and O–H groups in total. The third kappa shape index (κ3) is 2.89. The Morgan fingerprint density at radius 1 is 1.44 bits per heavy atom. The molecule has 0 aromatic heterocycles. The lowest BCUT2D eigenvalue weighted by atomic mass is 9.95. The highest BCUT2D eigenvalue weighted by Gasteiger charge is 2.25. The highest BCUT2D eigenvalue weighted by Crippen LogP contribution is 2.17. The van der Waals surface area contributed by atoms with Gasteiger partial charge >= 0.3 is 0 Å². The van der Waals surface area contributed by atoms with Gasteiger partial charge in [-0.05, 0) is 17.5 Å². The Bertz CT molecular complexity index is 420. The zero-order chi connectivity index (χ0) is 13.0. The van der Waals surface area contributed by atoms with Crippen LogP contribution in [0, 0.1) is 0 Å². The maximum Gasteiger partial charge on any atom is 0.239 e. The molecule has 4 nitrogen and oxygen atoms in total. The first-order valence-electron chi connectivity index (χ1n) is 6.26. The maximum atomic E-state index is 12.2. The van der Waals surface area contributed by atoms with E-state index in [1.54, 1.807) is 12.0 Å². The van der Waals surface area contributed by atoms with E-state index in [1.807, 2.05) is 19.2 Å². The lowest BCUT2D eigenvalue weighted by Gasteiger charge is -2.28. The summed E-state index contributed by atoms with van der Waals surface area (Å²) in [6.45, 7) is 1.98. The number of methoxy groups -OCH3 is 1. The van der Waals surface area contributed by atoms with Crippen LogP contribution in [0.5, 0.6) is 0 Å². The van der Waals surface area contributed by atoms with Crippen molar-refractivity contribution in [2.75, 3.05) is 27.3 Å². The van der Waals surface area contributed by atoms with Crippen LogP contribution < -0.4 is 5.32 Å². The van der Waals surface area contributed by atoms with Gasteiger partial charge in [0, 0.05) is 27.2 Å². The molecule has 18 heavy (non-hydrogen) atoms. The largest absolute Gasteiger partial charge is 0.383 e. The van der Waals surface area contributed by atoms with Crippen molar-refractivity contribution in [1.82, 2.24) is 10.2 Å². The molecule has 1 atom stereocenters. The number of ether oxygens (including phenoxy) is 1. The quantitative estimate of drug-likeness (QED) is 0.857. The Hall–Kier alpha value is -1.39. The molecule has 1 heterocycles. The molecule has 1 aliphatic rings. The number of likely N-dealkylation sites (N-methyl/N-ethyl adjacent to an activating group) is 1. The predicted molar refractivity (Wildman–Crippen MR) is 70.3 cm³/mol. The number of carbonyl (C=O) groups excluding carboxylic acids is 1. The third-order valence-electron chi connectivity index (χ3n) is 3.39. The van der Waals surface area contributed by atoms with Gasteiger partial charge in [0.1, 0.15) is 0 Å². The van der Waals surface area contributed by atoms with Crippen LogP contribution in [-0.2, 0) is 22.5 Å². The zero-order valence-electron chi connectivity index (χ0n) is 11.0. The van der Waals surface area contributed by atoms with Crippen LogP contribution in [0.15, 0.2) is 24.3 Å². The number of benzene rings is 1. The Balaban J connectivity index is 1.98. The van der Waals surface area contributed by atoms with Crippen molar-refractivity contribution in [2.24, 2.45) is 0 Å². The van der Waals surface area contributed by atoms with E-state index < -0.39 is 0 Å². The van der Waals surface area contributed by atoms with E-state index in [-0.39, 0.29) is 11.9 Å². The van der Waals surface area contributed by atoms with Gasteiger partial charge in [0.05, 0.1) is 12.6 Å². The molecule has 4 heteroatoms. The lowest BCUT2D eigenvalue weighted by molar-refractivity contribution is -0.132. The molecule has 0 spiro atoms. The number of carbonyl (C=O) groups is 1. The summed E-state index contributed by atoms with van der Waals surface area (Å²) in [5, 5.41) is 3.30. The first kappa shape index (κ1) is 13.1. The molecule has 1 aromatic rings. The van der Waals surface area contributed by atoms with E-state index in [1.165, 1.54) is 11.1 Å². The van der Waals surface area contributed by atoms with Gasteiger partial charge in [-0.3, -0.25) is 4.79 Å². The minimum absolute atomic E-state index is 0.109. The second-order valence-electron chi connectivity index (χ2n) is 4.66. The molecule has 0 aliphatic carbocycles. The maximum absolute atomic E-state index is 12.2. The predicted octanol–water partition coefficient (Wildman–Crippen LogP) is 0.806. The Morgan fingerprint density at radius 3 is 2.89 bits per heavy atom. The summed E-state index contributed by atoms with van der Waals surface area (Å²) in [7, 11) is 3.47. The van der Waals surface area contributed by atoms with Gasteiger partial charge < -0.3 is 15.0 Å². The molecule has 1 aromatic carbocycles. The summed E-state index contributed by atoms with van der Waals surface area (Å²) in [6, 6.07) is 8.17. The van der Waals surface area contributed by atoms with E-state index in [9.17, 15) is 4.79 Å². The van der Waals surface area contributed by atoms with E-state index >= 15 is 0 Å². The zero-order valence-corrected chi connectivity index (χ0v) is 11.0. The minimum atomic E-state index is -0.109. The highest BCUT2D eigenvalue weighted by atomic mass is 16.5. The fourth-order valence-electron chi connectivity index (χ4n) is 2.23. The molecule has 0 saturated carbocycles. The van der Waals surface area contributed by atoms with Crippen LogP contribution in [-0.4, -0.2) is 44.2 Å². The summed E-state index contributed by atoms with van der Waals surface area (Å²) in [4.78, 5) is 14.0. The van der Waals surface area contributed by atoms with E-state index in [4.69, 9.17) is 4.74 Å². The number of hydrogen-bond donors (Lipinski definition) is 1. The molecule has 98 valence electrons. The van der Waals surface area contributed by atoms with Crippen molar-refractivity contribution in [3.05, 3.63) is 35.4 Å². The molecule has 1 aliphatic heterocycles. The second-order valence-corrected chi connectivity index (χ2v) is 4.66. The van der Waals surface area contributed by atoms with Gasteiger partial charge in [0.2, 0.25) is 5.91 Å². The van der Waals surface area contributed by atoms with Crippen molar-refractivity contribution in [3.63, 3.8) is 0 Å². The number of nitrogens with zero attached hydrogens (tertiary/aromatic N) is 1. The van der Waals surface area contributed by atoms with Crippen molar-refractivity contribution in [3.8, 4) is 0 Å². The van der Waals surface area contributed by atoms with Gasteiger partial charge in [-0.2, -0.15) is 0 Å². The van der Waals surface area contributed by atoms with Gasteiger partial charge in [-0.25, -0.2) is 0 Å². The van der Waals surface area contributed by atoms with Crippen LogP contribution in [0.3, 0.4) is 0 Å². The molecule has 0 unspecified atom stereocenters. The minimum Gasteiger partial charge on any atom is -0.383 e. The normalized spacial score (nSPS) is 18.2. The van der Waals surface area contributed by atoms with E-state index in [0.717, 1.165) is 13.0 Å². The van der Waals surface area contributed by atoms with Gasteiger partial charge in [0.25, 0.3) is 0 Å². The number of rotatable bonds is 4. The average Bonchev–Trinajstić information content (AvgIpc) is 2.43. The monoisotopic (exact) mass is 248 g/mol. The van der Waals surface area contributed by atoms with E-state index in [2.05, 4.69) is 17.4 Å². The topological polar surface area (TPSA) is 41.6 Å². The number of nitrogens with one attached hydrogen (secondary N) is 1. The lowest BCUT2D eigenvalue weighted by Crippen LogP contribution is -2.48. The molecule has 0 fully saturated rings. The van der Waals surface area contributed by atoms with Crippen LogP contribution >= 0.6 is 0 Å². The van der Waals surface area contributed by atoms with Crippen molar-refractivity contribution in [1.29, 1.82) is 0 Å². The van der Waals surface area contributed by atoms with Crippen molar-refractivity contribution in [2.45, 2.75) is 19.0 Å². The number of fused-ring (bicyclic) bond motifs is 1. The van der Waals surface area contributed by atoms with Crippen LogP contribution in [0.25, 0.3) is 0 Å². The summed E-state index contributed by atoms with van der Waals surface area (Å²) >= 11 is 0. The summed E-state index contributed by atoms with van der Waals surface area (Å²) in [5.74, 6) is 0.140. The molecule has 0 radical (unpaired) electrons. The molecule has 2 rings (SSSR count). The van der Waals surface area contributed by atoms with Gasteiger partial charge in [0.15, 0.2) is 0 Å². The summed E-state index contributed by atoms with van der Waals surface area (Å²) in [6.07, 6.45) is 0.770. The third-order valence-corrected chi connectivity index (χ3v) is 3.39. The van der Waals surface area contributed by atoms with E-state index in [0.29, 0.717) is 13.2 Å². The Labute approximate surface area is 108 Å².